The van der Waals surface area contributed by atoms with Crippen molar-refractivity contribution in [2.45, 2.75) is 18.2 Å². The summed E-state index contributed by atoms with van der Waals surface area (Å²) in [5.41, 5.74) is -0.332. The predicted molar refractivity (Wildman–Crippen MR) is 53.6 cm³/mol. The van der Waals surface area contributed by atoms with E-state index in [-0.39, 0.29) is 5.56 Å². The van der Waals surface area contributed by atoms with E-state index in [4.69, 9.17) is 5.14 Å². The second-order valence-electron chi connectivity index (χ2n) is 3.18. The van der Waals surface area contributed by atoms with Crippen molar-refractivity contribution in [2.75, 3.05) is 7.11 Å². The first-order chi connectivity index (χ1) is 8.06. The van der Waals surface area contributed by atoms with E-state index < -0.39 is 32.9 Å². The second-order valence-corrected chi connectivity index (χ2v) is 4.68. The minimum Gasteiger partial charge on any atom is -0.480 e. The van der Waals surface area contributed by atoms with Gasteiger partial charge in [-0.25, -0.2) is 18.5 Å². The highest BCUT2D eigenvalue weighted by Crippen LogP contribution is 2.33. The van der Waals surface area contributed by atoms with Crippen molar-refractivity contribution >= 4 is 10.0 Å². The quantitative estimate of drug-likeness (QED) is 0.893. The first-order valence-corrected chi connectivity index (χ1v) is 5.93. The summed E-state index contributed by atoms with van der Waals surface area (Å²) in [6, 6.07) is 0. The number of hydrogen-bond acceptors (Lipinski definition) is 5. The smallest absolute Gasteiger partial charge is 0.480 e. The van der Waals surface area contributed by atoms with Gasteiger partial charge in [-0.15, -0.1) is 13.2 Å². The number of rotatable bonds is 3. The molecule has 1 heterocycles. The lowest BCUT2D eigenvalue weighted by Crippen LogP contribution is -2.20. The number of sulfonamides is 1. The van der Waals surface area contributed by atoms with Crippen LogP contribution in [0.25, 0.3) is 0 Å². The minimum atomic E-state index is -4.96. The van der Waals surface area contributed by atoms with Gasteiger partial charge in [-0.3, -0.25) is 0 Å². The zero-order valence-electron chi connectivity index (χ0n) is 9.28. The predicted octanol–water partition coefficient (Wildman–Crippen LogP) is 0.945. The maximum atomic E-state index is 12.1. The van der Waals surface area contributed by atoms with Crippen LogP contribution >= 0.6 is 0 Å². The topological polar surface area (TPSA) is 91.5 Å². The summed E-state index contributed by atoms with van der Waals surface area (Å²) < 4.78 is 67.0. The van der Waals surface area contributed by atoms with E-state index in [1.54, 1.807) is 0 Å². The SMILES string of the molecule is COc1ncc(OC(F)(F)F)c(C)c1S(N)(=O)=O. The third-order valence-electron chi connectivity index (χ3n) is 1.91. The Balaban J connectivity index is 3.45. The maximum absolute atomic E-state index is 12.1. The van der Waals surface area contributed by atoms with E-state index in [1.807, 2.05) is 0 Å². The number of pyridine rings is 1. The van der Waals surface area contributed by atoms with Crippen LogP contribution < -0.4 is 14.6 Å². The Morgan fingerprint density at radius 1 is 1.39 bits per heavy atom. The summed E-state index contributed by atoms with van der Waals surface area (Å²) in [6.45, 7) is 1.10. The molecule has 0 saturated heterocycles. The summed E-state index contributed by atoms with van der Waals surface area (Å²) in [5.74, 6) is -1.16. The van der Waals surface area contributed by atoms with Crippen LogP contribution in [0.4, 0.5) is 13.2 Å². The molecule has 0 fully saturated rings. The monoisotopic (exact) mass is 286 g/mol. The van der Waals surface area contributed by atoms with Gasteiger partial charge in [0.25, 0.3) is 0 Å². The summed E-state index contributed by atoms with van der Waals surface area (Å²) in [7, 11) is -3.18. The lowest BCUT2D eigenvalue weighted by Gasteiger charge is -2.14. The molecule has 0 bridgehead atoms. The first kappa shape index (κ1) is 14.5. The molecule has 0 atom stereocenters. The van der Waals surface area contributed by atoms with Crippen LogP contribution in [0, 0.1) is 6.92 Å². The first-order valence-electron chi connectivity index (χ1n) is 4.38. The number of aromatic nitrogens is 1. The van der Waals surface area contributed by atoms with Gasteiger partial charge in [-0.05, 0) is 6.92 Å². The normalized spacial score (nSPS) is 12.3. The van der Waals surface area contributed by atoms with Gasteiger partial charge in [0.05, 0.1) is 13.3 Å². The molecule has 2 N–H and O–H groups in total. The molecule has 0 aliphatic heterocycles. The van der Waals surface area contributed by atoms with Crippen molar-refractivity contribution in [3.05, 3.63) is 11.8 Å². The molecule has 0 aromatic carbocycles. The third kappa shape index (κ3) is 3.23. The molecule has 10 heteroatoms. The molecule has 0 spiro atoms. The van der Waals surface area contributed by atoms with E-state index in [0.717, 1.165) is 14.0 Å². The molecule has 0 radical (unpaired) electrons. The number of methoxy groups -OCH3 is 1. The van der Waals surface area contributed by atoms with Crippen LogP contribution in [-0.2, 0) is 10.0 Å². The molecular formula is C8H9F3N2O4S. The van der Waals surface area contributed by atoms with Crippen LogP contribution in [-0.4, -0.2) is 26.9 Å². The Morgan fingerprint density at radius 3 is 2.33 bits per heavy atom. The Labute approximate surface area is 101 Å². The lowest BCUT2D eigenvalue weighted by molar-refractivity contribution is -0.275. The molecule has 18 heavy (non-hydrogen) atoms. The Kier molecular flexibility index (Phi) is 3.72. The maximum Gasteiger partial charge on any atom is 0.573 e. The zero-order chi connectivity index (χ0) is 14.1. The molecular weight excluding hydrogens is 277 g/mol. The Morgan fingerprint density at radius 2 is 1.94 bits per heavy atom. The van der Waals surface area contributed by atoms with Crippen molar-refractivity contribution < 1.29 is 31.1 Å². The number of halogens is 3. The fourth-order valence-electron chi connectivity index (χ4n) is 1.25. The van der Waals surface area contributed by atoms with Crippen LogP contribution in [0.15, 0.2) is 11.1 Å². The van der Waals surface area contributed by atoms with Gasteiger partial charge in [-0.1, -0.05) is 0 Å². The van der Waals surface area contributed by atoms with E-state index in [9.17, 15) is 21.6 Å². The number of nitrogens with zero attached hydrogens (tertiary/aromatic N) is 1. The highest BCUT2D eigenvalue weighted by atomic mass is 32.2. The van der Waals surface area contributed by atoms with Crippen molar-refractivity contribution in [3.8, 4) is 11.6 Å². The summed E-state index contributed by atoms with van der Waals surface area (Å²) in [4.78, 5) is 2.76. The summed E-state index contributed by atoms with van der Waals surface area (Å²) in [6.07, 6.45) is -4.26. The van der Waals surface area contributed by atoms with Crippen molar-refractivity contribution in [2.24, 2.45) is 5.14 Å². The third-order valence-corrected chi connectivity index (χ3v) is 2.96. The molecule has 0 amide bonds. The van der Waals surface area contributed by atoms with E-state index in [0.29, 0.717) is 6.20 Å². The molecule has 0 saturated carbocycles. The van der Waals surface area contributed by atoms with Crippen molar-refractivity contribution in [3.63, 3.8) is 0 Å². The number of nitrogens with two attached hydrogens (primary N) is 1. The molecule has 102 valence electrons. The van der Waals surface area contributed by atoms with Gasteiger partial charge in [0.15, 0.2) is 10.6 Å². The van der Waals surface area contributed by atoms with Crippen LogP contribution in [0.2, 0.25) is 0 Å². The Hall–Kier alpha value is -1.55. The van der Waals surface area contributed by atoms with Gasteiger partial charge >= 0.3 is 6.36 Å². The van der Waals surface area contributed by atoms with Gasteiger partial charge in [-0.2, -0.15) is 0 Å². The van der Waals surface area contributed by atoms with E-state index >= 15 is 0 Å². The van der Waals surface area contributed by atoms with Crippen LogP contribution in [0.5, 0.6) is 11.6 Å². The second kappa shape index (κ2) is 4.61. The zero-order valence-corrected chi connectivity index (χ0v) is 10.1. The highest BCUT2D eigenvalue weighted by Gasteiger charge is 2.33. The molecule has 1 aromatic rings. The summed E-state index contributed by atoms with van der Waals surface area (Å²) in [5, 5.41) is 4.88. The number of hydrogen-bond donors (Lipinski definition) is 1. The van der Waals surface area contributed by atoms with E-state index in [2.05, 4.69) is 14.5 Å². The number of alkyl halides is 3. The van der Waals surface area contributed by atoms with Gasteiger partial charge in [0.1, 0.15) is 0 Å². The van der Waals surface area contributed by atoms with Crippen molar-refractivity contribution in [1.29, 1.82) is 0 Å². The fraction of sp³-hybridized carbons (Fsp3) is 0.375. The molecule has 0 aliphatic rings. The van der Waals surface area contributed by atoms with Gasteiger partial charge < -0.3 is 9.47 Å². The van der Waals surface area contributed by atoms with Gasteiger partial charge in [0, 0.05) is 5.56 Å². The number of primary sulfonamides is 1. The van der Waals surface area contributed by atoms with Crippen LogP contribution in [0.1, 0.15) is 5.56 Å². The van der Waals surface area contributed by atoms with Crippen molar-refractivity contribution in [1.82, 2.24) is 4.98 Å². The van der Waals surface area contributed by atoms with E-state index in [1.165, 1.54) is 0 Å². The summed E-state index contributed by atoms with van der Waals surface area (Å²) >= 11 is 0. The molecule has 6 nitrogen and oxygen atoms in total. The molecule has 1 rings (SSSR count). The largest absolute Gasteiger partial charge is 0.573 e. The molecule has 0 aliphatic carbocycles. The van der Waals surface area contributed by atoms with Crippen LogP contribution in [0.3, 0.4) is 0 Å². The highest BCUT2D eigenvalue weighted by molar-refractivity contribution is 7.89. The molecule has 1 aromatic heterocycles. The fourth-order valence-corrected chi connectivity index (χ4v) is 2.16. The minimum absolute atomic E-state index is 0.332. The average Bonchev–Trinajstić information content (AvgIpc) is 2.16. The standard InChI is InChI=1S/C8H9F3N2O4S/c1-4-5(17-8(9,10)11)3-13-7(16-2)6(4)18(12,14)15/h3H,1-2H3,(H2,12,14,15). The lowest BCUT2D eigenvalue weighted by atomic mass is 10.3. The Bertz CT molecular complexity index is 556. The number of ether oxygens (including phenoxy) is 2. The molecule has 0 unspecified atom stereocenters. The van der Waals surface area contributed by atoms with Gasteiger partial charge in [0.2, 0.25) is 15.9 Å². The average molecular weight is 286 g/mol.